The molecule has 0 atom stereocenters. The lowest BCUT2D eigenvalue weighted by atomic mass is 10.1. The van der Waals surface area contributed by atoms with Gasteiger partial charge in [0.1, 0.15) is 5.82 Å². The molecule has 0 radical (unpaired) electrons. The van der Waals surface area contributed by atoms with E-state index in [0.717, 1.165) is 22.9 Å². The first-order valence-electron chi connectivity index (χ1n) is 10.2. The summed E-state index contributed by atoms with van der Waals surface area (Å²) in [5.41, 5.74) is 2.79. The molecule has 3 aromatic carbocycles. The summed E-state index contributed by atoms with van der Waals surface area (Å²) in [6, 6.07) is 19.8. The van der Waals surface area contributed by atoms with Crippen LogP contribution < -0.4 is 10.6 Å². The predicted octanol–water partition coefficient (Wildman–Crippen LogP) is 4.34. The van der Waals surface area contributed by atoms with Crippen LogP contribution in [0.2, 0.25) is 0 Å². The molecular weight excluding hydrogens is 443 g/mol. The Morgan fingerprint density at radius 3 is 2.36 bits per heavy atom. The molecular formula is C25H23FN2O4S. The highest BCUT2D eigenvalue weighted by atomic mass is 32.2. The predicted molar refractivity (Wildman–Crippen MR) is 126 cm³/mol. The summed E-state index contributed by atoms with van der Waals surface area (Å²) in [5.74, 6) is -1.71. The van der Waals surface area contributed by atoms with Crippen LogP contribution in [0, 0.1) is 12.7 Å². The molecule has 33 heavy (non-hydrogen) atoms. The summed E-state index contributed by atoms with van der Waals surface area (Å²) in [6.07, 6.45) is 0. The molecule has 170 valence electrons. The van der Waals surface area contributed by atoms with Gasteiger partial charge in [0.2, 0.25) is 5.91 Å². The van der Waals surface area contributed by atoms with Crippen molar-refractivity contribution in [1.82, 2.24) is 5.32 Å². The molecule has 0 bridgehead atoms. The van der Waals surface area contributed by atoms with E-state index in [1.54, 1.807) is 24.3 Å². The summed E-state index contributed by atoms with van der Waals surface area (Å²) in [6.45, 7) is 1.89. The van der Waals surface area contributed by atoms with Gasteiger partial charge in [0.25, 0.3) is 5.91 Å². The molecule has 0 aromatic heterocycles. The van der Waals surface area contributed by atoms with Crippen molar-refractivity contribution in [3.63, 3.8) is 0 Å². The van der Waals surface area contributed by atoms with E-state index in [-0.39, 0.29) is 17.2 Å². The molecule has 2 N–H and O–H groups in total. The number of nitrogens with one attached hydrogen (secondary N) is 2. The van der Waals surface area contributed by atoms with Gasteiger partial charge in [-0.05, 0) is 54.4 Å². The average Bonchev–Trinajstić information content (AvgIpc) is 2.82. The lowest BCUT2D eigenvalue weighted by Crippen LogP contribution is -2.28. The normalized spacial score (nSPS) is 10.4. The molecule has 3 rings (SSSR count). The van der Waals surface area contributed by atoms with E-state index >= 15 is 0 Å². The minimum atomic E-state index is -0.650. The maximum absolute atomic E-state index is 13.0. The molecule has 2 amide bonds. The molecule has 0 fully saturated rings. The van der Waals surface area contributed by atoms with Crippen LogP contribution in [0.1, 0.15) is 21.5 Å². The zero-order chi connectivity index (χ0) is 23.6. The fraction of sp³-hybridized carbons (Fsp3) is 0.160. The van der Waals surface area contributed by atoms with Crippen LogP contribution in [0.15, 0.2) is 77.7 Å². The third kappa shape index (κ3) is 7.47. The van der Waals surface area contributed by atoms with E-state index in [2.05, 4.69) is 10.6 Å². The van der Waals surface area contributed by atoms with Gasteiger partial charge in [-0.15, -0.1) is 11.8 Å². The number of hydrogen-bond acceptors (Lipinski definition) is 5. The van der Waals surface area contributed by atoms with Gasteiger partial charge >= 0.3 is 5.97 Å². The SMILES string of the molecule is Cc1ccccc1CNC(=O)COC(=O)c1ccccc1SCC(=O)Nc1ccc(F)cc1. The van der Waals surface area contributed by atoms with Gasteiger partial charge in [0, 0.05) is 17.1 Å². The third-order valence-corrected chi connectivity index (χ3v) is 5.74. The number of carbonyl (C=O) groups is 3. The van der Waals surface area contributed by atoms with Gasteiger partial charge in [0.05, 0.1) is 11.3 Å². The minimum absolute atomic E-state index is 0.0403. The summed E-state index contributed by atoms with van der Waals surface area (Å²) < 4.78 is 18.1. The summed E-state index contributed by atoms with van der Waals surface area (Å²) in [5, 5.41) is 5.39. The van der Waals surface area contributed by atoms with Crippen molar-refractivity contribution in [3.05, 3.63) is 95.3 Å². The van der Waals surface area contributed by atoms with E-state index in [1.807, 2.05) is 31.2 Å². The highest BCUT2D eigenvalue weighted by Crippen LogP contribution is 2.23. The van der Waals surface area contributed by atoms with Gasteiger partial charge in [-0.2, -0.15) is 0 Å². The second kappa shape index (κ2) is 11.8. The quantitative estimate of drug-likeness (QED) is 0.362. The number of rotatable bonds is 9. The molecule has 0 spiro atoms. The maximum Gasteiger partial charge on any atom is 0.339 e. The Hall–Kier alpha value is -3.65. The van der Waals surface area contributed by atoms with Crippen molar-refractivity contribution in [3.8, 4) is 0 Å². The van der Waals surface area contributed by atoms with Crippen molar-refractivity contribution in [2.45, 2.75) is 18.4 Å². The third-order valence-electron chi connectivity index (χ3n) is 4.67. The topological polar surface area (TPSA) is 84.5 Å². The lowest BCUT2D eigenvalue weighted by Gasteiger charge is -2.11. The van der Waals surface area contributed by atoms with Crippen molar-refractivity contribution in [2.75, 3.05) is 17.7 Å². The van der Waals surface area contributed by atoms with E-state index in [0.29, 0.717) is 17.1 Å². The molecule has 8 heteroatoms. The Kier molecular flexibility index (Phi) is 8.60. The number of benzene rings is 3. The second-order valence-electron chi connectivity index (χ2n) is 7.12. The first-order valence-corrected chi connectivity index (χ1v) is 11.2. The molecule has 3 aromatic rings. The standard InChI is InChI=1S/C25H23FN2O4S/c1-17-6-2-3-7-18(17)14-27-23(29)15-32-25(31)21-8-4-5-9-22(21)33-16-24(30)28-20-12-10-19(26)11-13-20/h2-13H,14-16H2,1H3,(H,27,29)(H,28,30). The smallest absolute Gasteiger partial charge is 0.339 e. The largest absolute Gasteiger partial charge is 0.452 e. The second-order valence-corrected chi connectivity index (χ2v) is 8.14. The first kappa shape index (κ1) is 24.0. The number of aryl methyl sites for hydroxylation is 1. The first-order chi connectivity index (χ1) is 15.9. The molecule has 0 aliphatic heterocycles. The number of hydrogen-bond donors (Lipinski definition) is 2. The van der Waals surface area contributed by atoms with Crippen molar-refractivity contribution >= 4 is 35.2 Å². The zero-order valence-electron chi connectivity index (χ0n) is 18.0. The van der Waals surface area contributed by atoms with Crippen molar-refractivity contribution in [1.29, 1.82) is 0 Å². The molecule has 0 saturated heterocycles. The lowest BCUT2D eigenvalue weighted by molar-refractivity contribution is -0.124. The number of esters is 1. The highest BCUT2D eigenvalue weighted by molar-refractivity contribution is 8.00. The van der Waals surface area contributed by atoms with E-state index < -0.39 is 24.3 Å². The van der Waals surface area contributed by atoms with Gasteiger partial charge < -0.3 is 15.4 Å². The van der Waals surface area contributed by atoms with Gasteiger partial charge in [-0.1, -0.05) is 36.4 Å². The number of amides is 2. The highest BCUT2D eigenvalue weighted by Gasteiger charge is 2.16. The Labute approximate surface area is 195 Å². The van der Waals surface area contributed by atoms with Gasteiger partial charge in [-0.3, -0.25) is 9.59 Å². The van der Waals surface area contributed by atoms with Crippen LogP contribution in [0.25, 0.3) is 0 Å². The van der Waals surface area contributed by atoms with Crippen molar-refractivity contribution in [2.24, 2.45) is 0 Å². The minimum Gasteiger partial charge on any atom is -0.452 e. The molecule has 0 aliphatic rings. The average molecular weight is 467 g/mol. The molecule has 0 unspecified atom stereocenters. The van der Waals surface area contributed by atoms with E-state index in [1.165, 1.54) is 24.3 Å². The van der Waals surface area contributed by atoms with Crippen molar-refractivity contribution < 1.29 is 23.5 Å². The van der Waals surface area contributed by atoms with E-state index in [9.17, 15) is 18.8 Å². The number of carbonyl (C=O) groups excluding carboxylic acids is 3. The Balaban J connectivity index is 1.49. The van der Waals surface area contributed by atoms with Crippen LogP contribution in [-0.4, -0.2) is 30.1 Å². The zero-order valence-corrected chi connectivity index (χ0v) is 18.8. The molecule has 0 aliphatic carbocycles. The van der Waals surface area contributed by atoms with Crippen LogP contribution >= 0.6 is 11.8 Å². The molecule has 0 heterocycles. The summed E-state index contributed by atoms with van der Waals surface area (Å²) in [7, 11) is 0. The molecule has 6 nitrogen and oxygen atoms in total. The number of anilines is 1. The molecule has 0 saturated carbocycles. The fourth-order valence-electron chi connectivity index (χ4n) is 2.90. The Bertz CT molecular complexity index is 1140. The van der Waals surface area contributed by atoms with Crippen LogP contribution in [0.5, 0.6) is 0 Å². The monoisotopic (exact) mass is 466 g/mol. The van der Waals surface area contributed by atoms with Crippen LogP contribution in [-0.2, 0) is 20.9 Å². The summed E-state index contributed by atoms with van der Waals surface area (Å²) >= 11 is 1.16. The number of thioether (sulfide) groups is 1. The van der Waals surface area contributed by atoms with Gasteiger partial charge in [-0.25, -0.2) is 9.18 Å². The number of ether oxygens (including phenoxy) is 1. The van der Waals surface area contributed by atoms with Crippen LogP contribution in [0.4, 0.5) is 10.1 Å². The maximum atomic E-state index is 13.0. The van der Waals surface area contributed by atoms with E-state index in [4.69, 9.17) is 4.74 Å². The number of halogens is 1. The van der Waals surface area contributed by atoms with Gasteiger partial charge in [0.15, 0.2) is 6.61 Å². The van der Waals surface area contributed by atoms with Crippen LogP contribution in [0.3, 0.4) is 0 Å². The Morgan fingerprint density at radius 2 is 1.61 bits per heavy atom. The summed E-state index contributed by atoms with van der Waals surface area (Å²) in [4.78, 5) is 37.3. The Morgan fingerprint density at radius 1 is 0.909 bits per heavy atom. The fourth-order valence-corrected chi connectivity index (χ4v) is 3.74.